The van der Waals surface area contributed by atoms with E-state index in [4.69, 9.17) is 7.85 Å². The zero-order valence-electron chi connectivity index (χ0n) is 10.5. The highest BCUT2D eigenvalue weighted by atomic mass is 19.4. The van der Waals surface area contributed by atoms with Crippen LogP contribution in [0.3, 0.4) is 0 Å². The second-order valence-electron chi connectivity index (χ2n) is 4.21. The molecule has 0 aliphatic carbocycles. The van der Waals surface area contributed by atoms with E-state index in [-0.39, 0.29) is 16.7 Å². The average molecular weight is 292 g/mol. The number of nitrogens with one attached hydrogen (secondary N) is 2. The molecule has 1 aromatic carbocycles. The molecule has 0 unspecified atom stereocenters. The van der Waals surface area contributed by atoms with Gasteiger partial charge in [0.15, 0.2) is 0 Å². The molecule has 0 atom stereocenters. The molecule has 4 nitrogen and oxygen atoms in total. The topological polar surface area (TPSA) is 62.0 Å². The van der Waals surface area contributed by atoms with E-state index in [1.807, 2.05) is 0 Å². The van der Waals surface area contributed by atoms with Crippen molar-refractivity contribution in [1.29, 1.82) is 0 Å². The first-order valence-corrected chi connectivity index (χ1v) is 5.74. The number of amides is 1. The quantitative estimate of drug-likeness (QED) is 0.823. The van der Waals surface area contributed by atoms with Crippen LogP contribution in [-0.2, 0) is 6.18 Å². The summed E-state index contributed by atoms with van der Waals surface area (Å²) >= 11 is 0. The Balaban J connectivity index is 2.21. The Bertz CT molecular complexity index is 723. The Morgan fingerprint density at radius 3 is 2.38 bits per heavy atom. The van der Waals surface area contributed by atoms with Crippen molar-refractivity contribution in [1.82, 2.24) is 4.98 Å². The van der Waals surface area contributed by atoms with Crippen LogP contribution in [0.25, 0.3) is 0 Å². The number of rotatable bonds is 2. The lowest BCUT2D eigenvalue weighted by atomic mass is 9.98. The van der Waals surface area contributed by atoms with E-state index in [0.717, 1.165) is 24.3 Å². The number of halogens is 3. The summed E-state index contributed by atoms with van der Waals surface area (Å²) in [5.74, 6) is -0.708. The Labute approximate surface area is 118 Å². The largest absolute Gasteiger partial charge is 0.416 e. The van der Waals surface area contributed by atoms with E-state index in [1.54, 1.807) is 0 Å². The van der Waals surface area contributed by atoms with Crippen molar-refractivity contribution in [3.8, 4) is 0 Å². The number of carbonyl (C=O) groups excluding carboxylic acids is 1. The number of alkyl halides is 3. The van der Waals surface area contributed by atoms with Gasteiger partial charge >= 0.3 is 6.18 Å². The first kappa shape index (κ1) is 14.9. The number of anilines is 1. The number of hydrogen-bond acceptors (Lipinski definition) is 2. The normalized spacial score (nSPS) is 11.2. The number of pyridine rings is 1. The van der Waals surface area contributed by atoms with Gasteiger partial charge in [0.1, 0.15) is 13.5 Å². The molecule has 0 saturated carbocycles. The summed E-state index contributed by atoms with van der Waals surface area (Å²) in [6.07, 6.45) is -3.21. The van der Waals surface area contributed by atoms with Gasteiger partial charge in [0.05, 0.1) is 5.56 Å². The van der Waals surface area contributed by atoms with Crippen molar-refractivity contribution >= 4 is 24.9 Å². The van der Waals surface area contributed by atoms with Gasteiger partial charge < -0.3 is 10.3 Å². The summed E-state index contributed by atoms with van der Waals surface area (Å²) in [5.41, 5.74) is -1.28. The highest BCUT2D eigenvalue weighted by molar-refractivity contribution is 6.32. The first-order chi connectivity index (χ1) is 9.77. The van der Waals surface area contributed by atoms with Crippen LogP contribution < -0.4 is 16.3 Å². The van der Waals surface area contributed by atoms with E-state index in [1.165, 1.54) is 12.3 Å². The number of benzene rings is 1. The SMILES string of the molecule is [B]c1c[nH]c(=O)c(NC(=O)c2ccc(C(F)(F)F)cc2)c1. The molecule has 2 radical (unpaired) electrons. The Kier molecular flexibility index (Phi) is 3.88. The Morgan fingerprint density at radius 2 is 1.81 bits per heavy atom. The fraction of sp³-hybridized carbons (Fsp3) is 0.0769. The van der Waals surface area contributed by atoms with Gasteiger partial charge in [0.25, 0.3) is 11.5 Å². The predicted octanol–water partition coefficient (Wildman–Crippen LogP) is 1.44. The van der Waals surface area contributed by atoms with E-state index in [9.17, 15) is 22.8 Å². The lowest BCUT2D eigenvalue weighted by Gasteiger charge is -2.08. The van der Waals surface area contributed by atoms with Crippen LogP contribution in [0, 0.1) is 0 Å². The Hall–Kier alpha value is -2.51. The zero-order chi connectivity index (χ0) is 15.6. The first-order valence-electron chi connectivity index (χ1n) is 5.74. The molecule has 0 saturated heterocycles. The smallest absolute Gasteiger partial charge is 0.328 e. The molecule has 2 aromatic rings. The van der Waals surface area contributed by atoms with Crippen LogP contribution in [0.4, 0.5) is 18.9 Å². The van der Waals surface area contributed by atoms with Crippen molar-refractivity contribution in [2.75, 3.05) is 5.32 Å². The molecular formula is C13H8BF3N2O2. The maximum atomic E-state index is 12.4. The molecule has 2 N–H and O–H groups in total. The minimum Gasteiger partial charge on any atom is -0.328 e. The van der Waals surface area contributed by atoms with Gasteiger partial charge in [-0.25, -0.2) is 0 Å². The third-order valence-electron chi connectivity index (χ3n) is 2.65. The lowest BCUT2D eigenvalue weighted by molar-refractivity contribution is -0.137. The third kappa shape index (κ3) is 3.53. The highest BCUT2D eigenvalue weighted by Crippen LogP contribution is 2.29. The second kappa shape index (κ2) is 5.47. The third-order valence-corrected chi connectivity index (χ3v) is 2.65. The van der Waals surface area contributed by atoms with Gasteiger partial charge in [-0.05, 0) is 36.5 Å². The fourth-order valence-corrected chi connectivity index (χ4v) is 1.60. The summed E-state index contributed by atoms with van der Waals surface area (Å²) in [5, 5.41) is 2.28. The van der Waals surface area contributed by atoms with Crippen LogP contribution in [0.2, 0.25) is 0 Å². The monoisotopic (exact) mass is 292 g/mol. The van der Waals surface area contributed by atoms with Crippen molar-refractivity contribution in [2.45, 2.75) is 6.18 Å². The molecule has 0 spiro atoms. The van der Waals surface area contributed by atoms with Gasteiger partial charge in [-0.3, -0.25) is 9.59 Å². The van der Waals surface area contributed by atoms with Crippen LogP contribution in [-0.4, -0.2) is 18.7 Å². The molecule has 106 valence electrons. The number of hydrogen-bond donors (Lipinski definition) is 2. The maximum Gasteiger partial charge on any atom is 0.416 e. The molecule has 1 heterocycles. The van der Waals surface area contributed by atoms with Gasteiger partial charge in [-0.2, -0.15) is 13.2 Å². The van der Waals surface area contributed by atoms with Crippen molar-refractivity contribution in [3.05, 3.63) is 58.0 Å². The predicted molar refractivity (Wildman–Crippen MR) is 71.8 cm³/mol. The van der Waals surface area contributed by atoms with Crippen LogP contribution in [0.5, 0.6) is 0 Å². The van der Waals surface area contributed by atoms with Crippen molar-refractivity contribution in [3.63, 3.8) is 0 Å². The van der Waals surface area contributed by atoms with Crippen LogP contribution in [0.1, 0.15) is 15.9 Å². The lowest BCUT2D eigenvalue weighted by Crippen LogP contribution is -2.23. The van der Waals surface area contributed by atoms with Gasteiger partial charge in [-0.1, -0.05) is 5.46 Å². The van der Waals surface area contributed by atoms with Crippen LogP contribution >= 0.6 is 0 Å². The molecule has 0 aliphatic heterocycles. The van der Waals surface area contributed by atoms with Gasteiger partial charge in [0.2, 0.25) is 0 Å². The number of aromatic amines is 1. The molecule has 0 fully saturated rings. The maximum absolute atomic E-state index is 12.4. The molecule has 21 heavy (non-hydrogen) atoms. The zero-order valence-corrected chi connectivity index (χ0v) is 10.5. The standard InChI is InChI=1S/C13H8BF3N2O2/c14-9-5-10(12(21)18-6-9)19-11(20)7-1-3-8(4-2-7)13(15,16)17/h1-6H,(H,18,21)(H,19,20). The second-order valence-corrected chi connectivity index (χ2v) is 4.21. The minimum absolute atomic E-state index is 0.00942. The van der Waals surface area contributed by atoms with Gasteiger partial charge in [0, 0.05) is 5.56 Å². The number of H-pyrrole nitrogens is 1. The summed E-state index contributed by atoms with van der Waals surface area (Å²) in [4.78, 5) is 25.6. The van der Waals surface area contributed by atoms with E-state index in [0.29, 0.717) is 0 Å². The average Bonchev–Trinajstić information content (AvgIpc) is 2.42. The van der Waals surface area contributed by atoms with E-state index in [2.05, 4.69) is 10.3 Å². The summed E-state index contributed by atoms with van der Waals surface area (Å²) in [6, 6.07) is 4.88. The fourth-order valence-electron chi connectivity index (χ4n) is 1.60. The van der Waals surface area contributed by atoms with E-state index < -0.39 is 23.2 Å². The highest BCUT2D eigenvalue weighted by Gasteiger charge is 2.30. The number of aromatic nitrogens is 1. The molecule has 1 amide bonds. The Morgan fingerprint density at radius 1 is 1.19 bits per heavy atom. The summed E-state index contributed by atoms with van der Waals surface area (Å²) in [7, 11) is 5.46. The van der Waals surface area contributed by atoms with E-state index >= 15 is 0 Å². The molecular weight excluding hydrogens is 284 g/mol. The number of carbonyl (C=O) groups is 1. The minimum atomic E-state index is -4.47. The molecule has 8 heteroatoms. The summed E-state index contributed by atoms with van der Waals surface area (Å²) < 4.78 is 37.2. The molecule has 2 rings (SSSR count). The van der Waals surface area contributed by atoms with Crippen molar-refractivity contribution in [2.24, 2.45) is 0 Å². The van der Waals surface area contributed by atoms with Crippen LogP contribution in [0.15, 0.2) is 41.3 Å². The van der Waals surface area contributed by atoms with Gasteiger partial charge in [-0.15, -0.1) is 0 Å². The van der Waals surface area contributed by atoms with Crippen molar-refractivity contribution < 1.29 is 18.0 Å². The molecule has 0 bridgehead atoms. The molecule has 0 aliphatic rings. The summed E-state index contributed by atoms with van der Waals surface area (Å²) in [6.45, 7) is 0. The molecule has 1 aromatic heterocycles.